The third-order valence-electron chi connectivity index (χ3n) is 5.01. The first-order valence-electron chi connectivity index (χ1n) is 10.5. The fourth-order valence-electron chi connectivity index (χ4n) is 3.22. The lowest BCUT2D eigenvalue weighted by molar-refractivity contribution is -0.144. The van der Waals surface area contributed by atoms with Gasteiger partial charge in [0, 0.05) is 30.5 Å². The monoisotopic (exact) mass is 400 g/mol. The Morgan fingerprint density at radius 3 is 2.76 bits per heavy atom. The summed E-state index contributed by atoms with van der Waals surface area (Å²) < 4.78 is 0. The SMILES string of the molecule is C[C@H](CCCCCN=C(NC#N)Nc1ccncc1)C(=O)NOC1CCCCC1. The van der Waals surface area contributed by atoms with Crippen molar-refractivity contribution in [3.05, 3.63) is 24.5 Å². The van der Waals surface area contributed by atoms with E-state index in [2.05, 4.69) is 26.1 Å². The van der Waals surface area contributed by atoms with Gasteiger partial charge in [-0.25, -0.2) is 5.48 Å². The smallest absolute Gasteiger partial charge is 0.246 e. The van der Waals surface area contributed by atoms with Crippen molar-refractivity contribution >= 4 is 17.6 Å². The van der Waals surface area contributed by atoms with E-state index in [1.54, 1.807) is 24.5 Å². The van der Waals surface area contributed by atoms with Gasteiger partial charge in [0.25, 0.3) is 0 Å². The number of carbonyl (C=O) groups excluding carboxylic acids is 1. The highest BCUT2D eigenvalue weighted by atomic mass is 16.7. The molecule has 8 heteroatoms. The first kappa shape index (κ1) is 22.6. The molecular weight excluding hydrogens is 368 g/mol. The molecule has 1 aliphatic rings. The molecule has 8 nitrogen and oxygen atoms in total. The van der Waals surface area contributed by atoms with Gasteiger partial charge >= 0.3 is 0 Å². The molecule has 1 saturated carbocycles. The molecule has 0 radical (unpaired) electrons. The molecule has 0 aromatic carbocycles. The van der Waals surface area contributed by atoms with Crippen molar-refractivity contribution in [2.45, 2.75) is 70.8 Å². The normalized spacial score (nSPS) is 15.9. The lowest BCUT2D eigenvalue weighted by Crippen LogP contribution is -2.34. The van der Waals surface area contributed by atoms with Gasteiger partial charge in [-0.05, 0) is 37.8 Å². The van der Waals surface area contributed by atoms with E-state index in [9.17, 15) is 4.79 Å². The molecule has 29 heavy (non-hydrogen) atoms. The Hall–Kier alpha value is -2.66. The summed E-state index contributed by atoms with van der Waals surface area (Å²) in [7, 11) is 0. The molecule has 0 unspecified atom stereocenters. The maximum Gasteiger partial charge on any atom is 0.246 e. The number of nitriles is 1. The van der Waals surface area contributed by atoms with Crippen LogP contribution in [0, 0.1) is 17.4 Å². The molecular formula is C21H32N6O2. The van der Waals surface area contributed by atoms with Crippen molar-refractivity contribution in [1.29, 1.82) is 5.26 Å². The van der Waals surface area contributed by atoms with Gasteiger partial charge in [-0.3, -0.25) is 24.9 Å². The molecule has 1 amide bonds. The largest absolute Gasteiger partial charge is 0.325 e. The van der Waals surface area contributed by atoms with E-state index in [0.29, 0.717) is 12.5 Å². The number of anilines is 1. The van der Waals surface area contributed by atoms with E-state index in [1.165, 1.54) is 19.3 Å². The van der Waals surface area contributed by atoms with E-state index in [4.69, 9.17) is 10.1 Å². The third kappa shape index (κ3) is 9.39. The van der Waals surface area contributed by atoms with Crippen LogP contribution in [0.3, 0.4) is 0 Å². The van der Waals surface area contributed by atoms with Gasteiger partial charge in [0.2, 0.25) is 11.9 Å². The van der Waals surface area contributed by atoms with Gasteiger partial charge in [0.05, 0.1) is 6.10 Å². The first-order chi connectivity index (χ1) is 14.2. The average Bonchev–Trinajstić information content (AvgIpc) is 2.75. The van der Waals surface area contributed by atoms with E-state index in [0.717, 1.165) is 44.2 Å². The Bertz CT molecular complexity index is 667. The van der Waals surface area contributed by atoms with Crippen LogP contribution in [0.4, 0.5) is 5.69 Å². The highest BCUT2D eigenvalue weighted by Gasteiger charge is 2.17. The molecule has 3 N–H and O–H groups in total. The minimum Gasteiger partial charge on any atom is -0.325 e. The number of amides is 1. The zero-order valence-electron chi connectivity index (χ0n) is 17.2. The van der Waals surface area contributed by atoms with Gasteiger partial charge in [-0.15, -0.1) is 0 Å². The molecule has 1 aliphatic carbocycles. The second-order valence-electron chi connectivity index (χ2n) is 7.42. The zero-order chi connectivity index (χ0) is 20.7. The van der Waals surface area contributed by atoms with Crippen LogP contribution in [0.15, 0.2) is 29.5 Å². The number of hydroxylamine groups is 1. The van der Waals surface area contributed by atoms with E-state index in [-0.39, 0.29) is 17.9 Å². The molecule has 1 atom stereocenters. The van der Waals surface area contributed by atoms with Crippen molar-refractivity contribution in [2.75, 3.05) is 11.9 Å². The maximum absolute atomic E-state index is 12.1. The van der Waals surface area contributed by atoms with Crippen molar-refractivity contribution in [1.82, 2.24) is 15.8 Å². The van der Waals surface area contributed by atoms with Crippen LogP contribution in [-0.2, 0) is 9.63 Å². The molecule has 0 aliphatic heterocycles. The summed E-state index contributed by atoms with van der Waals surface area (Å²) in [6.45, 7) is 2.54. The lowest BCUT2D eigenvalue weighted by atomic mass is 9.98. The Morgan fingerprint density at radius 2 is 2.03 bits per heavy atom. The summed E-state index contributed by atoms with van der Waals surface area (Å²) in [6.07, 6.45) is 14.7. The Balaban J connectivity index is 1.58. The minimum atomic E-state index is -0.0636. The predicted molar refractivity (Wildman–Crippen MR) is 113 cm³/mol. The summed E-state index contributed by atoms with van der Waals surface area (Å²) in [5.74, 6) is 0.327. The Labute approximate surface area is 173 Å². The van der Waals surface area contributed by atoms with Gasteiger partial charge in [-0.1, -0.05) is 39.0 Å². The van der Waals surface area contributed by atoms with Crippen LogP contribution in [0.5, 0.6) is 0 Å². The lowest BCUT2D eigenvalue weighted by Gasteiger charge is -2.22. The van der Waals surface area contributed by atoms with Gasteiger partial charge < -0.3 is 5.32 Å². The number of hydrogen-bond donors (Lipinski definition) is 3. The Morgan fingerprint density at radius 1 is 1.28 bits per heavy atom. The summed E-state index contributed by atoms with van der Waals surface area (Å²) in [4.78, 5) is 26.0. The van der Waals surface area contributed by atoms with E-state index < -0.39 is 0 Å². The van der Waals surface area contributed by atoms with Crippen molar-refractivity contribution in [2.24, 2.45) is 10.9 Å². The highest BCUT2D eigenvalue weighted by molar-refractivity contribution is 5.94. The van der Waals surface area contributed by atoms with Crippen LogP contribution in [0.25, 0.3) is 0 Å². The molecule has 1 heterocycles. The predicted octanol–water partition coefficient (Wildman–Crippen LogP) is 3.50. The van der Waals surface area contributed by atoms with Crippen LogP contribution >= 0.6 is 0 Å². The van der Waals surface area contributed by atoms with Crippen molar-refractivity contribution in [3.8, 4) is 6.19 Å². The number of unbranched alkanes of at least 4 members (excludes halogenated alkanes) is 2. The number of nitrogens with zero attached hydrogens (tertiary/aromatic N) is 3. The molecule has 1 aromatic heterocycles. The van der Waals surface area contributed by atoms with Crippen molar-refractivity contribution < 1.29 is 9.63 Å². The molecule has 158 valence electrons. The maximum atomic E-state index is 12.1. The number of pyridine rings is 1. The number of aliphatic imine (C=N–C) groups is 1. The molecule has 2 rings (SSSR count). The number of hydrogen-bond acceptors (Lipinski definition) is 5. The molecule has 1 aromatic rings. The number of nitrogens with one attached hydrogen (secondary N) is 3. The van der Waals surface area contributed by atoms with Gasteiger partial charge in [0.15, 0.2) is 6.19 Å². The fraction of sp³-hybridized carbons (Fsp3) is 0.619. The Kier molecular flexibility index (Phi) is 10.5. The van der Waals surface area contributed by atoms with Gasteiger partial charge in [0.1, 0.15) is 0 Å². The molecule has 0 bridgehead atoms. The summed E-state index contributed by atoms with van der Waals surface area (Å²) >= 11 is 0. The highest BCUT2D eigenvalue weighted by Crippen LogP contribution is 2.19. The second kappa shape index (κ2) is 13.5. The topological polar surface area (TPSA) is 111 Å². The summed E-state index contributed by atoms with van der Waals surface area (Å²) in [6, 6.07) is 3.61. The van der Waals surface area contributed by atoms with E-state index in [1.807, 2.05) is 13.1 Å². The van der Waals surface area contributed by atoms with Crippen molar-refractivity contribution in [3.63, 3.8) is 0 Å². The van der Waals surface area contributed by atoms with Crippen LogP contribution < -0.4 is 16.1 Å². The van der Waals surface area contributed by atoms with Crippen LogP contribution in [0.1, 0.15) is 64.7 Å². The average molecular weight is 401 g/mol. The number of guanidine groups is 1. The number of aromatic nitrogens is 1. The molecule has 0 saturated heterocycles. The second-order valence-corrected chi connectivity index (χ2v) is 7.42. The zero-order valence-corrected chi connectivity index (χ0v) is 17.2. The summed E-state index contributed by atoms with van der Waals surface area (Å²) in [5.41, 5.74) is 3.46. The van der Waals surface area contributed by atoms with Crippen LogP contribution in [0.2, 0.25) is 0 Å². The minimum absolute atomic E-state index is 0.0318. The van der Waals surface area contributed by atoms with E-state index >= 15 is 0 Å². The fourth-order valence-corrected chi connectivity index (χ4v) is 3.22. The molecule has 0 spiro atoms. The third-order valence-corrected chi connectivity index (χ3v) is 5.01. The molecule has 1 fully saturated rings. The standard InChI is InChI=1S/C21H32N6O2/c1-17(20(28)27-29-19-9-5-2-6-10-19)8-4-3-7-13-24-21(25-16-22)26-18-11-14-23-15-12-18/h11-12,14-15,17,19H,2-10,13H2,1H3,(H,27,28)(H2,23,24,25,26)/t17-/m1/s1. The number of carbonyl (C=O) groups is 1. The summed E-state index contributed by atoms with van der Waals surface area (Å²) in [5, 5.41) is 14.5. The van der Waals surface area contributed by atoms with Crippen LogP contribution in [-0.4, -0.2) is 29.5 Å². The first-order valence-corrected chi connectivity index (χ1v) is 10.5. The van der Waals surface area contributed by atoms with Gasteiger partial charge in [-0.2, -0.15) is 5.26 Å². The number of rotatable bonds is 10. The quantitative estimate of drug-likeness (QED) is 0.138.